The molecule has 3 heterocycles. The standard InChI is InChI=1S/C24H28ClF3N6/c1-23(8-2-3-9-23)13-20-30-14-19-21(33-20)34(16-6-10-29-11-7-16)22(32-19)31-15-4-5-18(25)17(12-15)24(26,27)28/h4-5,12,14,16,29H,2-3,6-11,13H2,1H3,(H,31,32). The molecule has 10 heteroatoms. The van der Waals surface area contributed by atoms with Crippen LogP contribution >= 0.6 is 11.6 Å². The fraction of sp³-hybridized carbons (Fsp3) is 0.542. The van der Waals surface area contributed by atoms with E-state index in [9.17, 15) is 13.2 Å². The quantitative estimate of drug-likeness (QED) is 0.438. The Morgan fingerprint density at radius 3 is 2.62 bits per heavy atom. The summed E-state index contributed by atoms with van der Waals surface area (Å²) in [6.45, 7) is 4.02. The van der Waals surface area contributed by atoms with E-state index < -0.39 is 11.7 Å². The Bertz CT molecular complexity index is 1180. The number of fused-ring (bicyclic) bond motifs is 1. The van der Waals surface area contributed by atoms with Crippen LogP contribution in [-0.2, 0) is 12.6 Å². The molecule has 2 aliphatic rings. The van der Waals surface area contributed by atoms with Gasteiger partial charge < -0.3 is 10.6 Å². The SMILES string of the molecule is CC1(Cc2ncc3nc(Nc4ccc(Cl)c(C(F)(F)F)c4)n(C4CCNCC4)c3n2)CCCC1. The molecule has 1 aliphatic carbocycles. The van der Waals surface area contributed by atoms with E-state index in [4.69, 9.17) is 16.6 Å². The zero-order valence-corrected chi connectivity index (χ0v) is 19.8. The molecule has 0 unspecified atom stereocenters. The molecule has 0 atom stereocenters. The number of aromatic nitrogens is 4. The zero-order valence-electron chi connectivity index (χ0n) is 19.1. The monoisotopic (exact) mass is 492 g/mol. The largest absolute Gasteiger partial charge is 0.417 e. The van der Waals surface area contributed by atoms with E-state index in [1.54, 1.807) is 6.20 Å². The van der Waals surface area contributed by atoms with Crippen LogP contribution in [0.3, 0.4) is 0 Å². The van der Waals surface area contributed by atoms with Gasteiger partial charge in [0.15, 0.2) is 5.65 Å². The molecule has 1 aliphatic heterocycles. The maximum absolute atomic E-state index is 13.4. The molecule has 0 amide bonds. The van der Waals surface area contributed by atoms with Crippen LogP contribution in [0.5, 0.6) is 0 Å². The average Bonchev–Trinajstić information content (AvgIpc) is 3.38. The number of rotatable bonds is 5. The Morgan fingerprint density at radius 2 is 1.91 bits per heavy atom. The highest BCUT2D eigenvalue weighted by atomic mass is 35.5. The highest BCUT2D eigenvalue weighted by Gasteiger charge is 2.34. The summed E-state index contributed by atoms with van der Waals surface area (Å²) >= 11 is 5.81. The molecule has 6 nitrogen and oxygen atoms in total. The minimum absolute atomic E-state index is 0.132. The lowest BCUT2D eigenvalue weighted by Crippen LogP contribution is -2.30. The van der Waals surface area contributed by atoms with Crippen molar-refractivity contribution in [1.29, 1.82) is 0 Å². The molecule has 0 bridgehead atoms. The van der Waals surface area contributed by atoms with Crippen LogP contribution in [0.1, 0.15) is 62.9 Å². The summed E-state index contributed by atoms with van der Waals surface area (Å²) < 4.78 is 42.2. The Balaban J connectivity index is 1.54. The lowest BCUT2D eigenvalue weighted by Gasteiger charge is -2.26. The number of hydrogen-bond acceptors (Lipinski definition) is 5. The second kappa shape index (κ2) is 9.00. The molecule has 5 rings (SSSR count). The third-order valence-corrected chi connectivity index (χ3v) is 7.41. The Hall–Kier alpha value is -2.39. The summed E-state index contributed by atoms with van der Waals surface area (Å²) in [6, 6.07) is 3.94. The van der Waals surface area contributed by atoms with E-state index in [0.29, 0.717) is 11.5 Å². The number of hydrogen-bond donors (Lipinski definition) is 2. The van der Waals surface area contributed by atoms with E-state index in [1.807, 2.05) is 4.57 Å². The third kappa shape index (κ3) is 4.73. The van der Waals surface area contributed by atoms with E-state index >= 15 is 0 Å². The van der Waals surface area contributed by atoms with E-state index in [1.165, 1.54) is 37.8 Å². The van der Waals surface area contributed by atoms with Gasteiger partial charge >= 0.3 is 6.18 Å². The van der Waals surface area contributed by atoms with Gasteiger partial charge in [-0.25, -0.2) is 15.0 Å². The fourth-order valence-electron chi connectivity index (χ4n) is 5.25. The van der Waals surface area contributed by atoms with Crippen molar-refractivity contribution in [3.8, 4) is 0 Å². The molecule has 182 valence electrons. The summed E-state index contributed by atoms with van der Waals surface area (Å²) in [5.41, 5.74) is 0.966. The van der Waals surface area contributed by atoms with Crippen LogP contribution in [-0.4, -0.2) is 32.6 Å². The van der Waals surface area contributed by atoms with Crippen molar-refractivity contribution in [2.45, 2.75) is 64.1 Å². The van der Waals surface area contributed by atoms with Gasteiger partial charge in [-0.05, 0) is 62.4 Å². The lowest BCUT2D eigenvalue weighted by molar-refractivity contribution is -0.137. The number of nitrogens with zero attached hydrogens (tertiary/aromatic N) is 4. The van der Waals surface area contributed by atoms with Gasteiger partial charge in [-0.1, -0.05) is 31.4 Å². The first-order valence-electron chi connectivity index (χ1n) is 11.8. The molecule has 34 heavy (non-hydrogen) atoms. The van der Waals surface area contributed by atoms with Gasteiger partial charge in [-0.2, -0.15) is 13.2 Å². The molecular weight excluding hydrogens is 465 g/mol. The van der Waals surface area contributed by atoms with Crippen molar-refractivity contribution in [2.24, 2.45) is 5.41 Å². The van der Waals surface area contributed by atoms with Crippen molar-refractivity contribution in [3.63, 3.8) is 0 Å². The minimum Gasteiger partial charge on any atom is -0.326 e. The first kappa shape index (κ1) is 23.4. The van der Waals surface area contributed by atoms with Crippen molar-refractivity contribution in [3.05, 3.63) is 40.8 Å². The number of anilines is 2. The molecule has 1 aromatic carbocycles. The number of piperidine rings is 1. The Kier molecular flexibility index (Phi) is 6.18. The predicted octanol–water partition coefficient (Wildman–Crippen LogP) is 6.29. The van der Waals surface area contributed by atoms with Crippen molar-refractivity contribution < 1.29 is 13.2 Å². The van der Waals surface area contributed by atoms with Gasteiger partial charge in [-0.3, -0.25) is 4.57 Å². The number of benzene rings is 1. The summed E-state index contributed by atoms with van der Waals surface area (Å²) in [6.07, 6.45) is 4.59. The molecule has 0 radical (unpaired) electrons. The first-order valence-corrected chi connectivity index (χ1v) is 12.2. The van der Waals surface area contributed by atoms with E-state index in [-0.39, 0.29) is 22.2 Å². The Labute approximate surface area is 201 Å². The van der Waals surface area contributed by atoms with Gasteiger partial charge in [0.05, 0.1) is 16.8 Å². The topological polar surface area (TPSA) is 67.7 Å². The number of alkyl halides is 3. The molecule has 0 spiro atoms. The van der Waals surface area contributed by atoms with Crippen molar-refractivity contribution >= 4 is 34.4 Å². The van der Waals surface area contributed by atoms with Crippen LogP contribution in [0, 0.1) is 5.41 Å². The van der Waals surface area contributed by atoms with Crippen molar-refractivity contribution in [1.82, 2.24) is 24.8 Å². The number of halogens is 4. The maximum atomic E-state index is 13.4. The van der Waals surface area contributed by atoms with Gasteiger partial charge in [0, 0.05) is 18.2 Å². The summed E-state index contributed by atoms with van der Waals surface area (Å²) in [5.74, 6) is 1.26. The molecule has 3 aromatic rings. The van der Waals surface area contributed by atoms with Crippen LogP contribution < -0.4 is 10.6 Å². The van der Waals surface area contributed by atoms with Gasteiger partial charge in [0.1, 0.15) is 11.3 Å². The molecule has 1 saturated heterocycles. The molecular formula is C24H28ClF3N6. The van der Waals surface area contributed by atoms with Gasteiger partial charge in [0.25, 0.3) is 0 Å². The van der Waals surface area contributed by atoms with Crippen LogP contribution in [0.2, 0.25) is 5.02 Å². The smallest absolute Gasteiger partial charge is 0.326 e. The minimum atomic E-state index is -4.54. The predicted molar refractivity (Wildman–Crippen MR) is 126 cm³/mol. The highest BCUT2D eigenvalue weighted by Crippen LogP contribution is 2.40. The van der Waals surface area contributed by atoms with Gasteiger partial charge in [0.2, 0.25) is 5.95 Å². The van der Waals surface area contributed by atoms with E-state index in [0.717, 1.165) is 49.9 Å². The second-order valence-electron chi connectivity index (χ2n) is 9.79. The number of nitrogens with one attached hydrogen (secondary N) is 2. The van der Waals surface area contributed by atoms with Crippen LogP contribution in [0.4, 0.5) is 24.8 Å². The normalized spacial score (nSPS) is 19.1. The summed E-state index contributed by atoms with van der Waals surface area (Å²) in [4.78, 5) is 14.2. The average molecular weight is 493 g/mol. The summed E-state index contributed by atoms with van der Waals surface area (Å²) in [7, 11) is 0. The third-order valence-electron chi connectivity index (χ3n) is 7.08. The molecule has 2 aromatic heterocycles. The number of imidazole rings is 1. The van der Waals surface area contributed by atoms with Crippen LogP contribution in [0.15, 0.2) is 24.4 Å². The first-order chi connectivity index (χ1) is 16.2. The van der Waals surface area contributed by atoms with Crippen molar-refractivity contribution in [2.75, 3.05) is 18.4 Å². The summed E-state index contributed by atoms with van der Waals surface area (Å²) in [5, 5.41) is 6.13. The zero-order chi connectivity index (χ0) is 23.9. The fourth-order valence-corrected chi connectivity index (χ4v) is 5.47. The maximum Gasteiger partial charge on any atom is 0.417 e. The lowest BCUT2D eigenvalue weighted by atomic mass is 9.85. The Morgan fingerprint density at radius 1 is 1.18 bits per heavy atom. The second-order valence-corrected chi connectivity index (χ2v) is 10.2. The van der Waals surface area contributed by atoms with E-state index in [2.05, 4.69) is 27.5 Å². The van der Waals surface area contributed by atoms with Gasteiger partial charge in [-0.15, -0.1) is 0 Å². The highest BCUT2D eigenvalue weighted by molar-refractivity contribution is 6.31. The van der Waals surface area contributed by atoms with Crippen LogP contribution in [0.25, 0.3) is 11.2 Å². The molecule has 1 saturated carbocycles. The molecule has 2 N–H and O–H groups in total. The molecule has 2 fully saturated rings.